The van der Waals surface area contributed by atoms with Gasteiger partial charge in [0.05, 0.1) is 26.4 Å². The molecule has 21 nitrogen and oxygen atoms in total. The van der Waals surface area contributed by atoms with Gasteiger partial charge in [-0.3, -0.25) is 0 Å². The van der Waals surface area contributed by atoms with E-state index in [1.807, 2.05) is 0 Å². The second-order valence-electron chi connectivity index (χ2n) is 11.2. The van der Waals surface area contributed by atoms with Crippen molar-refractivity contribution in [2.45, 2.75) is 116 Å². The molecule has 0 amide bonds. The lowest BCUT2D eigenvalue weighted by atomic mass is 9.97. The maximum atomic E-state index is 10.9. The zero-order chi connectivity index (χ0) is 33.4. The fraction of sp³-hybridized carbons (Fsp3) is 1.00. The molecule has 4 saturated heterocycles. The van der Waals surface area contributed by atoms with Crippen molar-refractivity contribution < 1.29 is 105 Å². The fourth-order valence-corrected chi connectivity index (χ4v) is 5.48. The molecule has 0 unspecified atom stereocenters. The van der Waals surface area contributed by atoms with E-state index in [1.165, 1.54) is 0 Å². The number of hydrogen-bond donors (Lipinski definition) is 14. The molecule has 0 saturated carbocycles. The Labute approximate surface area is 254 Å². The molecule has 0 aliphatic carbocycles. The molecular formula is C24H42O21. The van der Waals surface area contributed by atoms with E-state index in [4.69, 9.17) is 33.2 Å². The quantitative estimate of drug-likeness (QED) is 0.0973. The summed E-state index contributed by atoms with van der Waals surface area (Å²) < 4.78 is 38.1. The molecule has 4 rings (SSSR count). The molecule has 21 heteroatoms. The van der Waals surface area contributed by atoms with Gasteiger partial charge in [0, 0.05) is 0 Å². The summed E-state index contributed by atoms with van der Waals surface area (Å²) in [5, 5.41) is 142. The summed E-state index contributed by atoms with van der Waals surface area (Å²) in [7, 11) is 0. The van der Waals surface area contributed by atoms with Gasteiger partial charge in [0.1, 0.15) is 98.2 Å². The first-order valence-electron chi connectivity index (χ1n) is 14.1. The average Bonchev–Trinajstić information content (AvgIpc) is 3.28. The standard InChI is InChI=1S/C24H42O21/c25-1-6-10(29)14(33)17(36)21(40-6)39-4-9-12(31)15(34)18(37)22(42-9)43-19-16(35)11(30)7(2-26)41-23(19)45-24(5-28)20(38)13(32)8(3-27)44-24/h6-23,25-38H,1-5H2/t6-,7-,8-,9-,10+,11-,12+,13-,14+,15-,16-,17-,18-,19-,20-,21+,22-,23-,24+/m1/s1. The van der Waals surface area contributed by atoms with Gasteiger partial charge in [-0.15, -0.1) is 0 Å². The smallest absolute Gasteiger partial charge is 0.224 e. The van der Waals surface area contributed by atoms with E-state index >= 15 is 0 Å². The number of rotatable bonds is 11. The van der Waals surface area contributed by atoms with E-state index in [1.54, 1.807) is 0 Å². The molecule has 264 valence electrons. The Kier molecular flexibility index (Phi) is 12.5. The maximum Gasteiger partial charge on any atom is 0.224 e. The van der Waals surface area contributed by atoms with Gasteiger partial charge in [-0.05, 0) is 0 Å². The molecule has 0 bridgehead atoms. The van der Waals surface area contributed by atoms with E-state index in [0.29, 0.717) is 0 Å². The number of ether oxygens (including phenoxy) is 7. The SMILES string of the molecule is OC[C@H]1O[C@H](OC[C@H]2O[C@H](O[C@H]3[C@@H](O[C@]4(CO)O[C@H](CO)[C@@H](O)[C@H]4O)O[C@H](CO)[C@@H](O)[C@H]3O)[C@H](O)[C@H](O)[C@H]2O)[C@H](O)[C@@H](O)[C@H]1O. The Morgan fingerprint density at radius 3 is 1.51 bits per heavy atom. The Hall–Kier alpha value is -0.840. The molecule has 4 aliphatic heterocycles. The van der Waals surface area contributed by atoms with Crippen molar-refractivity contribution in [2.24, 2.45) is 0 Å². The van der Waals surface area contributed by atoms with Crippen molar-refractivity contribution in [3.63, 3.8) is 0 Å². The second kappa shape index (κ2) is 15.1. The van der Waals surface area contributed by atoms with Crippen LogP contribution in [0.25, 0.3) is 0 Å². The highest BCUT2D eigenvalue weighted by Crippen LogP contribution is 2.37. The summed E-state index contributed by atoms with van der Waals surface area (Å²) in [5.41, 5.74) is 0. The zero-order valence-corrected chi connectivity index (χ0v) is 23.5. The molecule has 4 aliphatic rings. The van der Waals surface area contributed by atoms with Crippen LogP contribution in [0.1, 0.15) is 0 Å². The van der Waals surface area contributed by atoms with Crippen LogP contribution >= 0.6 is 0 Å². The van der Waals surface area contributed by atoms with Crippen LogP contribution in [0.2, 0.25) is 0 Å². The first-order chi connectivity index (χ1) is 21.2. The highest BCUT2D eigenvalue weighted by Gasteiger charge is 2.59. The first kappa shape index (κ1) is 37.0. The molecule has 0 radical (unpaired) electrons. The second-order valence-corrected chi connectivity index (χ2v) is 11.2. The molecule has 0 spiro atoms. The molecule has 0 aromatic rings. The minimum absolute atomic E-state index is 0.722. The van der Waals surface area contributed by atoms with Crippen LogP contribution in [0.4, 0.5) is 0 Å². The Balaban J connectivity index is 1.52. The van der Waals surface area contributed by atoms with Crippen LogP contribution in [0.5, 0.6) is 0 Å². The van der Waals surface area contributed by atoms with Gasteiger partial charge in [0.25, 0.3) is 0 Å². The van der Waals surface area contributed by atoms with Gasteiger partial charge in [0.15, 0.2) is 18.9 Å². The van der Waals surface area contributed by atoms with E-state index in [9.17, 15) is 71.5 Å². The molecule has 14 N–H and O–H groups in total. The Morgan fingerprint density at radius 1 is 0.489 bits per heavy atom. The lowest BCUT2D eigenvalue weighted by molar-refractivity contribution is -0.409. The average molecular weight is 667 g/mol. The van der Waals surface area contributed by atoms with Crippen molar-refractivity contribution in [3.05, 3.63) is 0 Å². The molecular weight excluding hydrogens is 624 g/mol. The van der Waals surface area contributed by atoms with Gasteiger partial charge in [-0.25, -0.2) is 0 Å². The van der Waals surface area contributed by atoms with Crippen molar-refractivity contribution in [1.29, 1.82) is 0 Å². The van der Waals surface area contributed by atoms with Gasteiger partial charge in [-0.2, -0.15) is 0 Å². The van der Waals surface area contributed by atoms with E-state index < -0.39 is 149 Å². The number of aliphatic hydroxyl groups is 14. The number of hydrogen-bond acceptors (Lipinski definition) is 21. The molecule has 4 heterocycles. The molecule has 0 aromatic heterocycles. The third kappa shape index (κ3) is 7.15. The Bertz CT molecular complexity index is 931. The van der Waals surface area contributed by atoms with Crippen molar-refractivity contribution >= 4 is 0 Å². The van der Waals surface area contributed by atoms with Crippen LogP contribution in [-0.4, -0.2) is 221 Å². The van der Waals surface area contributed by atoms with Crippen LogP contribution < -0.4 is 0 Å². The largest absolute Gasteiger partial charge is 0.394 e. The van der Waals surface area contributed by atoms with Crippen LogP contribution in [0, 0.1) is 0 Å². The third-order valence-corrected chi connectivity index (χ3v) is 8.28. The van der Waals surface area contributed by atoms with Crippen LogP contribution in [0.3, 0.4) is 0 Å². The number of aliphatic hydroxyl groups excluding tert-OH is 14. The van der Waals surface area contributed by atoms with Crippen molar-refractivity contribution in [2.75, 3.05) is 33.0 Å². The Morgan fingerprint density at radius 2 is 0.978 bits per heavy atom. The third-order valence-electron chi connectivity index (χ3n) is 8.28. The van der Waals surface area contributed by atoms with Crippen LogP contribution in [-0.2, 0) is 33.2 Å². The predicted molar refractivity (Wildman–Crippen MR) is 134 cm³/mol. The summed E-state index contributed by atoms with van der Waals surface area (Å²) >= 11 is 0. The molecule has 0 aromatic carbocycles. The van der Waals surface area contributed by atoms with Crippen LogP contribution in [0.15, 0.2) is 0 Å². The van der Waals surface area contributed by atoms with Gasteiger partial charge in [0.2, 0.25) is 5.79 Å². The summed E-state index contributed by atoms with van der Waals surface area (Å²) in [6.45, 7) is -4.33. The zero-order valence-electron chi connectivity index (χ0n) is 23.5. The topological polar surface area (TPSA) is 348 Å². The van der Waals surface area contributed by atoms with E-state index in [2.05, 4.69) is 0 Å². The van der Waals surface area contributed by atoms with Crippen molar-refractivity contribution in [3.8, 4) is 0 Å². The normalized spacial score (nSPS) is 52.7. The summed E-state index contributed by atoms with van der Waals surface area (Å²) in [5.74, 6) is -2.50. The molecule has 45 heavy (non-hydrogen) atoms. The van der Waals surface area contributed by atoms with Gasteiger partial charge < -0.3 is 105 Å². The summed E-state index contributed by atoms with van der Waals surface area (Å²) in [6.07, 6.45) is -32.3. The first-order valence-corrected chi connectivity index (χ1v) is 14.1. The highest BCUT2D eigenvalue weighted by atomic mass is 16.8. The molecule has 19 atom stereocenters. The minimum Gasteiger partial charge on any atom is -0.394 e. The lowest BCUT2D eigenvalue weighted by Gasteiger charge is -2.47. The predicted octanol–water partition coefficient (Wildman–Crippen LogP) is -9.75. The van der Waals surface area contributed by atoms with Crippen molar-refractivity contribution in [1.82, 2.24) is 0 Å². The fourth-order valence-electron chi connectivity index (χ4n) is 5.48. The van der Waals surface area contributed by atoms with Gasteiger partial charge in [-0.1, -0.05) is 0 Å². The van der Waals surface area contributed by atoms with E-state index in [-0.39, 0.29) is 0 Å². The van der Waals surface area contributed by atoms with E-state index in [0.717, 1.165) is 0 Å². The summed E-state index contributed by atoms with van der Waals surface area (Å²) in [4.78, 5) is 0. The lowest BCUT2D eigenvalue weighted by Crippen LogP contribution is -2.66. The van der Waals surface area contributed by atoms with Gasteiger partial charge >= 0.3 is 0 Å². The highest BCUT2D eigenvalue weighted by molar-refractivity contribution is 4.99. The summed E-state index contributed by atoms with van der Waals surface area (Å²) in [6, 6.07) is 0. The minimum atomic E-state index is -2.50. The molecule has 4 fully saturated rings. The maximum absolute atomic E-state index is 10.9. The monoisotopic (exact) mass is 666 g/mol.